The molecule has 1 heterocycles. The van der Waals surface area contributed by atoms with Gasteiger partial charge in [0.2, 0.25) is 0 Å². The fourth-order valence-corrected chi connectivity index (χ4v) is 8.10. The largest absolute Gasteiger partial charge is 0.244 e. The van der Waals surface area contributed by atoms with Crippen LogP contribution in [0.5, 0.6) is 0 Å². The van der Waals surface area contributed by atoms with E-state index in [1.54, 1.807) is 0 Å². The molecule has 50 heavy (non-hydrogen) atoms. The van der Waals surface area contributed by atoms with Crippen LogP contribution >= 0.6 is 0 Å². The van der Waals surface area contributed by atoms with E-state index >= 15 is 0 Å². The van der Waals surface area contributed by atoms with Crippen molar-refractivity contribution in [3.05, 3.63) is 170 Å². The van der Waals surface area contributed by atoms with Gasteiger partial charge in [0.15, 0.2) is 0 Å². The fraction of sp³-hybridized carbons (Fsp3) is 0. The summed E-state index contributed by atoms with van der Waals surface area (Å²) in [4.78, 5) is 10.3. The van der Waals surface area contributed by atoms with E-state index in [1.807, 2.05) is 0 Å². The Morgan fingerprint density at radius 2 is 0.820 bits per heavy atom. The molecule has 1 aliphatic carbocycles. The molecule has 9 aromatic carbocycles. The average molecular weight is 633 g/mol. The van der Waals surface area contributed by atoms with Gasteiger partial charge in [0, 0.05) is 16.5 Å². The van der Waals surface area contributed by atoms with Crippen molar-refractivity contribution < 1.29 is 0 Å². The Bertz CT molecular complexity index is 3030. The van der Waals surface area contributed by atoms with E-state index in [2.05, 4.69) is 170 Å². The van der Waals surface area contributed by atoms with Crippen molar-refractivity contribution in [1.82, 2.24) is 9.97 Å². The van der Waals surface area contributed by atoms with Gasteiger partial charge >= 0.3 is 0 Å². The summed E-state index contributed by atoms with van der Waals surface area (Å²) in [6.07, 6.45) is 0. The van der Waals surface area contributed by atoms with Crippen LogP contribution in [0.25, 0.3) is 110 Å². The number of aromatic nitrogens is 2. The van der Waals surface area contributed by atoms with Crippen LogP contribution < -0.4 is 0 Å². The molecule has 0 bridgehead atoms. The van der Waals surface area contributed by atoms with E-state index in [0.717, 1.165) is 28.0 Å². The summed E-state index contributed by atoms with van der Waals surface area (Å²) < 4.78 is 0. The zero-order chi connectivity index (χ0) is 32.8. The highest BCUT2D eigenvalue weighted by molar-refractivity contribution is 6.14. The first-order valence-corrected chi connectivity index (χ1v) is 17.1. The van der Waals surface area contributed by atoms with Crippen LogP contribution in [0, 0.1) is 0 Å². The average Bonchev–Trinajstić information content (AvgIpc) is 3.49. The minimum atomic E-state index is 0.917. The molecule has 0 unspecified atom stereocenters. The van der Waals surface area contributed by atoms with Crippen LogP contribution in [0.4, 0.5) is 0 Å². The molecule has 0 N–H and O–H groups in total. The molecule has 0 saturated heterocycles. The van der Waals surface area contributed by atoms with E-state index < -0.39 is 0 Å². The standard InChI is InChI=1S/C48H28N2/c1-2-8-29(9-3-1)42-26-31-10-4-5-11-32(31)27-43(42)37-19-22-39-36(25-37)17-16-35-24-33(18-21-38(35)39)34-20-23-44-45(28-34)50-48-41-15-7-13-30-12-6-14-40(46(30)41)47(48)49-44/h1-28H. The van der Waals surface area contributed by atoms with Gasteiger partial charge < -0.3 is 0 Å². The van der Waals surface area contributed by atoms with E-state index in [1.165, 1.54) is 82.0 Å². The van der Waals surface area contributed by atoms with Gasteiger partial charge in [-0.2, -0.15) is 0 Å². The Balaban J connectivity index is 0.997. The van der Waals surface area contributed by atoms with Crippen molar-refractivity contribution in [2.75, 3.05) is 0 Å². The second kappa shape index (κ2) is 10.4. The Kier molecular flexibility index (Phi) is 5.70. The molecule has 0 saturated carbocycles. The topological polar surface area (TPSA) is 25.8 Å². The molecule has 2 nitrogen and oxygen atoms in total. The Hall–Kier alpha value is -6.64. The van der Waals surface area contributed by atoms with E-state index in [-0.39, 0.29) is 0 Å². The number of fused-ring (bicyclic) bond motifs is 8. The molecule has 0 amide bonds. The Labute approximate surface area is 289 Å². The summed E-state index contributed by atoms with van der Waals surface area (Å²) in [6, 6.07) is 61.7. The normalized spacial score (nSPS) is 12.0. The smallest absolute Gasteiger partial charge is 0.0979 e. The molecular weight excluding hydrogens is 605 g/mol. The maximum atomic E-state index is 5.20. The molecule has 2 heteroatoms. The predicted octanol–water partition coefficient (Wildman–Crippen LogP) is 12.9. The molecule has 0 aliphatic heterocycles. The van der Waals surface area contributed by atoms with Gasteiger partial charge in [0.1, 0.15) is 0 Å². The maximum Gasteiger partial charge on any atom is 0.0979 e. The number of hydrogen-bond acceptors (Lipinski definition) is 2. The van der Waals surface area contributed by atoms with Gasteiger partial charge in [0.25, 0.3) is 0 Å². The van der Waals surface area contributed by atoms with Crippen LogP contribution in [-0.2, 0) is 0 Å². The van der Waals surface area contributed by atoms with Gasteiger partial charge in [0.05, 0.1) is 22.4 Å². The number of hydrogen-bond donors (Lipinski definition) is 0. The number of nitrogens with zero attached hydrogens (tertiary/aromatic N) is 2. The first kappa shape index (κ1) is 27.3. The zero-order valence-corrected chi connectivity index (χ0v) is 27.1. The van der Waals surface area contributed by atoms with Gasteiger partial charge in [-0.3, -0.25) is 0 Å². The summed E-state index contributed by atoms with van der Waals surface area (Å²) in [5.74, 6) is 0. The maximum absolute atomic E-state index is 5.20. The summed E-state index contributed by atoms with van der Waals surface area (Å²) in [5.41, 5.74) is 13.4. The molecule has 0 spiro atoms. The third-order valence-corrected chi connectivity index (χ3v) is 10.5. The highest BCUT2D eigenvalue weighted by Crippen LogP contribution is 2.46. The van der Waals surface area contributed by atoms with Crippen molar-refractivity contribution in [2.24, 2.45) is 0 Å². The summed E-state index contributed by atoms with van der Waals surface area (Å²) >= 11 is 0. The van der Waals surface area contributed by atoms with E-state index in [0.29, 0.717) is 0 Å². The molecular formula is C48H28N2. The summed E-state index contributed by atoms with van der Waals surface area (Å²) in [7, 11) is 0. The molecule has 230 valence electrons. The molecule has 10 aromatic rings. The van der Waals surface area contributed by atoms with Gasteiger partial charge in [-0.05, 0) is 107 Å². The molecule has 0 radical (unpaired) electrons. The first-order valence-electron chi connectivity index (χ1n) is 17.1. The van der Waals surface area contributed by atoms with Crippen LogP contribution in [0.1, 0.15) is 0 Å². The third kappa shape index (κ3) is 4.09. The van der Waals surface area contributed by atoms with Crippen LogP contribution in [-0.4, -0.2) is 9.97 Å². The van der Waals surface area contributed by atoms with E-state index in [9.17, 15) is 0 Å². The van der Waals surface area contributed by atoms with Crippen LogP contribution in [0.15, 0.2) is 170 Å². The zero-order valence-electron chi connectivity index (χ0n) is 27.1. The summed E-state index contributed by atoms with van der Waals surface area (Å²) in [6.45, 7) is 0. The highest BCUT2D eigenvalue weighted by Gasteiger charge is 2.24. The van der Waals surface area contributed by atoms with Gasteiger partial charge in [-0.1, -0.05) is 133 Å². The van der Waals surface area contributed by atoms with Crippen molar-refractivity contribution in [1.29, 1.82) is 0 Å². The van der Waals surface area contributed by atoms with Crippen molar-refractivity contribution in [3.63, 3.8) is 0 Å². The molecule has 1 aromatic heterocycles. The molecule has 0 fully saturated rings. The molecule has 1 aliphatic rings. The fourth-order valence-electron chi connectivity index (χ4n) is 8.10. The lowest BCUT2D eigenvalue weighted by molar-refractivity contribution is 1.32. The third-order valence-electron chi connectivity index (χ3n) is 10.5. The first-order chi connectivity index (χ1) is 24.7. The summed E-state index contributed by atoms with van der Waals surface area (Å²) in [5, 5.41) is 9.96. The van der Waals surface area contributed by atoms with E-state index in [4.69, 9.17) is 9.97 Å². The monoisotopic (exact) mass is 632 g/mol. The lowest BCUT2D eigenvalue weighted by Crippen LogP contribution is -1.91. The lowest BCUT2D eigenvalue weighted by Gasteiger charge is -2.14. The van der Waals surface area contributed by atoms with Crippen molar-refractivity contribution in [3.8, 4) is 55.9 Å². The Morgan fingerprint density at radius 3 is 1.52 bits per heavy atom. The van der Waals surface area contributed by atoms with Crippen molar-refractivity contribution >= 4 is 54.1 Å². The highest BCUT2D eigenvalue weighted by atomic mass is 14.8. The quantitative estimate of drug-likeness (QED) is 0.181. The minimum Gasteiger partial charge on any atom is -0.244 e. The van der Waals surface area contributed by atoms with Crippen molar-refractivity contribution in [2.45, 2.75) is 0 Å². The predicted molar refractivity (Wildman–Crippen MR) is 210 cm³/mol. The second-order valence-corrected chi connectivity index (χ2v) is 13.4. The van der Waals surface area contributed by atoms with Crippen LogP contribution in [0.2, 0.25) is 0 Å². The Morgan fingerprint density at radius 1 is 0.280 bits per heavy atom. The van der Waals surface area contributed by atoms with Gasteiger partial charge in [-0.25, -0.2) is 9.97 Å². The lowest BCUT2D eigenvalue weighted by atomic mass is 9.90. The molecule has 0 atom stereocenters. The minimum absolute atomic E-state index is 0.917. The SMILES string of the molecule is c1ccc(-c2cc3ccccc3cc2-c2ccc3c(ccc4cc(-c5ccc6nc7c(nc6c5)-c5cccc6cccc-7c56)ccc43)c2)cc1. The van der Waals surface area contributed by atoms with Gasteiger partial charge in [-0.15, -0.1) is 0 Å². The number of benzene rings is 9. The van der Waals surface area contributed by atoms with Crippen LogP contribution in [0.3, 0.4) is 0 Å². The molecule has 11 rings (SSSR count). The second-order valence-electron chi connectivity index (χ2n) is 13.4. The number of rotatable bonds is 3.